The van der Waals surface area contributed by atoms with Crippen molar-refractivity contribution in [3.05, 3.63) is 11.6 Å². The highest BCUT2D eigenvalue weighted by molar-refractivity contribution is 5.97. The lowest BCUT2D eigenvalue weighted by Crippen LogP contribution is -2.62. The minimum absolute atomic E-state index is 0.0477. The Morgan fingerprint density at radius 2 is 1.57 bits per heavy atom. The molecule has 2 fully saturated rings. The van der Waals surface area contributed by atoms with E-state index < -0.39 is 23.7 Å². The molecule has 9 heteroatoms. The summed E-state index contributed by atoms with van der Waals surface area (Å²) < 4.78 is 0. The van der Waals surface area contributed by atoms with Gasteiger partial charge in [0.1, 0.15) is 12.3 Å². The molecule has 5 atom stereocenters. The van der Waals surface area contributed by atoms with Crippen molar-refractivity contribution in [2.45, 2.75) is 176 Å². The number of nitrogens with zero attached hydrogens (tertiary/aromatic N) is 3. The summed E-state index contributed by atoms with van der Waals surface area (Å²) in [5.41, 5.74) is 0.0931. The number of hydrogen-bond acceptors (Lipinski definition) is 6. The molecule has 0 aromatic rings. The molecule has 9 nitrogen and oxygen atoms in total. The zero-order valence-electron chi connectivity index (χ0n) is 31.7. The van der Waals surface area contributed by atoms with Crippen molar-refractivity contribution in [1.82, 2.24) is 25.3 Å². The predicted octanol–water partition coefficient (Wildman–Crippen LogP) is 5.86. The Hall–Kier alpha value is -1.97. The second kappa shape index (κ2) is 19.9. The van der Waals surface area contributed by atoms with E-state index in [4.69, 9.17) is 0 Å². The molecule has 47 heavy (non-hydrogen) atoms. The number of rotatable bonds is 18. The van der Waals surface area contributed by atoms with E-state index in [0.29, 0.717) is 31.1 Å². The van der Waals surface area contributed by atoms with Crippen LogP contribution in [0.4, 0.5) is 0 Å². The van der Waals surface area contributed by atoms with Crippen LogP contribution in [-0.4, -0.2) is 101 Å². The molecule has 5 unspecified atom stereocenters. The maximum Gasteiger partial charge on any atom is 0.249 e. The average Bonchev–Trinajstić information content (AvgIpc) is 3.52. The van der Waals surface area contributed by atoms with Gasteiger partial charge in [-0.25, -0.2) is 0 Å². The van der Waals surface area contributed by atoms with Gasteiger partial charge in [-0.3, -0.25) is 24.6 Å². The quantitative estimate of drug-likeness (QED) is 0.0966. The maximum absolute atomic E-state index is 14.2. The summed E-state index contributed by atoms with van der Waals surface area (Å²) >= 11 is 0. The highest BCUT2D eigenvalue weighted by Gasteiger charge is 2.40. The normalized spacial score (nSPS) is 21.6. The van der Waals surface area contributed by atoms with Crippen LogP contribution in [0.1, 0.15) is 139 Å². The lowest BCUT2D eigenvalue weighted by Gasteiger charge is -2.44. The van der Waals surface area contributed by atoms with Crippen molar-refractivity contribution in [3.8, 4) is 0 Å². The molecule has 2 aliphatic rings. The van der Waals surface area contributed by atoms with Crippen LogP contribution < -0.4 is 10.6 Å². The van der Waals surface area contributed by atoms with Gasteiger partial charge in [0.05, 0.1) is 12.1 Å². The Kier molecular flexibility index (Phi) is 17.4. The molecule has 3 amide bonds. The fourth-order valence-corrected chi connectivity index (χ4v) is 7.28. The first kappa shape index (κ1) is 41.2. The van der Waals surface area contributed by atoms with Gasteiger partial charge in [-0.15, -0.1) is 0 Å². The lowest BCUT2D eigenvalue weighted by molar-refractivity contribution is -0.139. The minimum Gasteiger partial charge on any atom is -0.377 e. The highest BCUT2D eigenvalue weighted by Crippen LogP contribution is 2.27. The van der Waals surface area contributed by atoms with Gasteiger partial charge in [0.15, 0.2) is 0 Å². The fourth-order valence-electron chi connectivity index (χ4n) is 7.28. The molecule has 0 spiro atoms. The first-order valence-electron chi connectivity index (χ1n) is 18.8. The summed E-state index contributed by atoms with van der Waals surface area (Å²) in [6, 6.07) is -1.14. The van der Waals surface area contributed by atoms with E-state index in [1.165, 1.54) is 32.1 Å². The SMILES string of the molecule is CCCCCCCCCNC(=O)C1CCCN1C(=O)/C(C)=C/C(C(C)C)N(C)C(=O)C(NC(O)C1CCCCN1C(C)C)C(C)(C)C. The molecule has 0 saturated carbocycles. The predicted molar refractivity (Wildman–Crippen MR) is 193 cm³/mol. The molecule has 0 aliphatic carbocycles. The van der Waals surface area contributed by atoms with Crippen LogP contribution >= 0.6 is 0 Å². The van der Waals surface area contributed by atoms with Crippen molar-refractivity contribution in [1.29, 1.82) is 0 Å². The molecule has 2 aliphatic heterocycles. The number of carbonyl (C=O) groups is 3. The molecule has 272 valence electrons. The third kappa shape index (κ3) is 12.5. The van der Waals surface area contributed by atoms with E-state index >= 15 is 0 Å². The summed E-state index contributed by atoms with van der Waals surface area (Å²) in [7, 11) is 1.80. The number of carbonyl (C=O) groups excluding carboxylic acids is 3. The minimum atomic E-state index is -0.834. The van der Waals surface area contributed by atoms with Crippen molar-refractivity contribution in [2.24, 2.45) is 11.3 Å². The standard InChI is InChI=1S/C38H71N5O4/c1-11-12-13-14-15-16-18-23-39-34(44)30-22-20-25-43(30)36(46)29(6)26-32(27(2)3)41(10)37(47)33(38(7,8)9)40-35(45)31-21-17-19-24-42(31)28(4)5/h26-28,30-33,35,40,45H,11-25H2,1-10H3,(H,39,44)/b29-26+. The smallest absolute Gasteiger partial charge is 0.249 e. The lowest BCUT2D eigenvalue weighted by atomic mass is 9.84. The first-order chi connectivity index (χ1) is 22.1. The second-order valence-corrected chi connectivity index (χ2v) is 15.9. The monoisotopic (exact) mass is 662 g/mol. The number of aliphatic hydroxyl groups is 1. The Morgan fingerprint density at radius 3 is 2.17 bits per heavy atom. The van der Waals surface area contributed by atoms with E-state index in [2.05, 4.69) is 50.2 Å². The fraction of sp³-hybridized carbons (Fsp3) is 0.868. The second-order valence-electron chi connectivity index (χ2n) is 15.9. The summed E-state index contributed by atoms with van der Waals surface area (Å²) in [5.74, 6) is -0.264. The van der Waals surface area contributed by atoms with E-state index in [1.807, 2.05) is 26.8 Å². The van der Waals surface area contributed by atoms with Gasteiger partial charge in [-0.2, -0.15) is 0 Å². The molecule has 0 bridgehead atoms. The van der Waals surface area contributed by atoms with Crippen molar-refractivity contribution < 1.29 is 19.5 Å². The van der Waals surface area contributed by atoms with Crippen molar-refractivity contribution in [2.75, 3.05) is 26.7 Å². The van der Waals surface area contributed by atoms with Gasteiger partial charge in [-0.05, 0) is 70.8 Å². The van der Waals surface area contributed by atoms with Crippen LogP contribution in [0.15, 0.2) is 11.6 Å². The first-order valence-corrected chi connectivity index (χ1v) is 18.8. The number of likely N-dealkylation sites (tertiary alicyclic amines) is 2. The van der Waals surface area contributed by atoms with Gasteiger partial charge >= 0.3 is 0 Å². The van der Waals surface area contributed by atoms with Gasteiger partial charge in [0.2, 0.25) is 17.7 Å². The summed E-state index contributed by atoms with van der Waals surface area (Å²) in [6.07, 6.45) is 14.0. The number of piperidine rings is 1. The molecular formula is C38H71N5O4. The number of amides is 3. The summed E-state index contributed by atoms with van der Waals surface area (Å²) in [6.45, 7) is 20.6. The van der Waals surface area contributed by atoms with Crippen LogP contribution in [0, 0.1) is 11.3 Å². The molecule has 2 heterocycles. The third-order valence-electron chi connectivity index (χ3n) is 10.2. The van der Waals surface area contributed by atoms with Crippen LogP contribution in [0.3, 0.4) is 0 Å². The van der Waals surface area contributed by atoms with Crippen LogP contribution in [0.2, 0.25) is 0 Å². The summed E-state index contributed by atoms with van der Waals surface area (Å²) in [4.78, 5) is 46.8. The van der Waals surface area contributed by atoms with E-state index in [-0.39, 0.29) is 35.7 Å². The largest absolute Gasteiger partial charge is 0.377 e. The Morgan fingerprint density at radius 1 is 0.936 bits per heavy atom. The van der Waals surface area contributed by atoms with Gasteiger partial charge in [0, 0.05) is 37.8 Å². The van der Waals surface area contributed by atoms with Crippen molar-refractivity contribution >= 4 is 17.7 Å². The number of aliphatic hydroxyl groups excluding tert-OH is 1. The van der Waals surface area contributed by atoms with E-state index in [1.54, 1.807) is 23.8 Å². The topological polar surface area (TPSA) is 105 Å². The Bertz CT molecular complexity index is 1010. The number of likely N-dealkylation sites (N-methyl/N-ethyl adjacent to an activating group) is 1. The van der Waals surface area contributed by atoms with Gasteiger partial charge in [0.25, 0.3) is 0 Å². The summed E-state index contributed by atoms with van der Waals surface area (Å²) in [5, 5.41) is 17.8. The van der Waals surface area contributed by atoms with Crippen LogP contribution in [-0.2, 0) is 14.4 Å². The zero-order chi connectivity index (χ0) is 35.3. The molecule has 3 N–H and O–H groups in total. The molecule has 0 radical (unpaired) electrons. The molecule has 0 aromatic heterocycles. The van der Waals surface area contributed by atoms with Gasteiger partial charge < -0.3 is 20.2 Å². The number of nitrogens with one attached hydrogen (secondary N) is 2. The molecule has 0 aromatic carbocycles. The number of unbranched alkanes of at least 4 members (excludes halogenated alkanes) is 6. The van der Waals surface area contributed by atoms with E-state index in [9.17, 15) is 19.5 Å². The third-order valence-corrected chi connectivity index (χ3v) is 10.2. The molecule has 2 rings (SSSR count). The van der Waals surface area contributed by atoms with Gasteiger partial charge in [-0.1, -0.05) is 92.6 Å². The molecule has 2 saturated heterocycles. The zero-order valence-corrected chi connectivity index (χ0v) is 31.7. The number of hydrogen-bond donors (Lipinski definition) is 3. The average molecular weight is 662 g/mol. The van der Waals surface area contributed by atoms with Crippen molar-refractivity contribution in [3.63, 3.8) is 0 Å². The van der Waals surface area contributed by atoms with Crippen LogP contribution in [0.25, 0.3) is 0 Å². The Balaban J connectivity index is 2.10. The van der Waals surface area contributed by atoms with Crippen LogP contribution in [0.5, 0.6) is 0 Å². The Labute approximate surface area is 287 Å². The highest BCUT2D eigenvalue weighted by atomic mass is 16.3. The van der Waals surface area contributed by atoms with E-state index in [0.717, 1.165) is 45.1 Å². The maximum atomic E-state index is 14.2. The molecular weight excluding hydrogens is 590 g/mol.